The highest BCUT2D eigenvalue weighted by Crippen LogP contribution is 2.12. The van der Waals surface area contributed by atoms with Crippen LogP contribution in [0.2, 0.25) is 0 Å². The van der Waals surface area contributed by atoms with Gasteiger partial charge in [-0.15, -0.1) is 0 Å². The van der Waals surface area contributed by atoms with E-state index in [9.17, 15) is 9.59 Å². The number of esters is 1. The summed E-state index contributed by atoms with van der Waals surface area (Å²) in [6.45, 7) is 5.28. The molecule has 0 saturated heterocycles. The summed E-state index contributed by atoms with van der Waals surface area (Å²) in [6, 6.07) is 7.22. The van der Waals surface area contributed by atoms with E-state index in [0.29, 0.717) is 0 Å². The lowest BCUT2D eigenvalue weighted by atomic mass is 10.1. The van der Waals surface area contributed by atoms with E-state index in [0.717, 1.165) is 11.3 Å². The third kappa shape index (κ3) is 7.15. The van der Waals surface area contributed by atoms with Crippen LogP contribution >= 0.6 is 0 Å². The maximum atomic E-state index is 11.5. The Morgan fingerprint density at radius 1 is 1.19 bits per heavy atom. The highest BCUT2D eigenvalue weighted by atomic mass is 16.5. The Morgan fingerprint density at radius 3 is 2.33 bits per heavy atom. The first-order chi connectivity index (χ1) is 9.80. The first-order valence-corrected chi connectivity index (χ1v) is 6.60. The van der Waals surface area contributed by atoms with Crippen LogP contribution in [-0.4, -0.2) is 31.1 Å². The normalized spacial score (nSPS) is 11.2. The van der Waals surface area contributed by atoms with E-state index in [2.05, 4.69) is 5.32 Å². The molecule has 1 rings (SSSR count). The average Bonchev–Trinajstić information content (AvgIpc) is 2.41. The summed E-state index contributed by atoms with van der Waals surface area (Å²) in [5.41, 5.74) is 0.495. The lowest BCUT2D eigenvalue weighted by Crippen LogP contribution is -2.42. The number of hydrogen-bond donors (Lipinski definition) is 1. The van der Waals surface area contributed by atoms with Gasteiger partial charge in [0, 0.05) is 11.6 Å². The third-order valence-electron chi connectivity index (χ3n) is 2.39. The maximum absolute atomic E-state index is 11.5. The third-order valence-corrected chi connectivity index (χ3v) is 2.39. The van der Waals surface area contributed by atoms with Crippen LogP contribution in [0.25, 0.3) is 6.08 Å². The van der Waals surface area contributed by atoms with Crippen molar-refractivity contribution < 1.29 is 19.1 Å². The van der Waals surface area contributed by atoms with Crippen LogP contribution in [-0.2, 0) is 14.3 Å². The SMILES string of the molecule is COc1ccc(C=CC(=O)OCC(=O)NC(C)(C)C)cc1. The molecule has 1 amide bonds. The van der Waals surface area contributed by atoms with E-state index in [1.54, 1.807) is 25.3 Å². The molecule has 1 aromatic carbocycles. The van der Waals surface area contributed by atoms with Crippen LogP contribution in [0.4, 0.5) is 0 Å². The summed E-state index contributed by atoms with van der Waals surface area (Å²) in [4.78, 5) is 23.0. The number of carbonyl (C=O) groups excluding carboxylic acids is 2. The average molecular weight is 291 g/mol. The summed E-state index contributed by atoms with van der Waals surface area (Å²) in [5.74, 6) is -0.142. The van der Waals surface area contributed by atoms with Crippen LogP contribution < -0.4 is 10.1 Å². The number of methoxy groups -OCH3 is 1. The molecule has 1 aromatic rings. The molecule has 0 fully saturated rings. The summed E-state index contributed by atoms with van der Waals surface area (Å²) in [5, 5.41) is 2.71. The van der Waals surface area contributed by atoms with Crippen LogP contribution in [0.5, 0.6) is 5.75 Å². The van der Waals surface area contributed by atoms with Gasteiger partial charge in [-0.05, 0) is 44.5 Å². The lowest BCUT2D eigenvalue weighted by molar-refractivity contribution is -0.144. The van der Waals surface area contributed by atoms with Crippen molar-refractivity contribution >= 4 is 18.0 Å². The lowest BCUT2D eigenvalue weighted by Gasteiger charge is -2.20. The molecule has 0 aliphatic carbocycles. The number of amides is 1. The van der Waals surface area contributed by atoms with Crippen molar-refractivity contribution in [3.8, 4) is 5.75 Å². The van der Waals surface area contributed by atoms with Gasteiger partial charge >= 0.3 is 5.97 Å². The molecule has 114 valence electrons. The largest absolute Gasteiger partial charge is 0.497 e. The minimum Gasteiger partial charge on any atom is -0.497 e. The summed E-state index contributed by atoms with van der Waals surface area (Å²) in [6.07, 6.45) is 2.90. The molecule has 0 unspecified atom stereocenters. The molecule has 0 heterocycles. The van der Waals surface area contributed by atoms with Crippen LogP contribution in [0.1, 0.15) is 26.3 Å². The number of ether oxygens (including phenoxy) is 2. The highest BCUT2D eigenvalue weighted by Gasteiger charge is 2.14. The Labute approximate surface area is 124 Å². The van der Waals surface area contributed by atoms with E-state index < -0.39 is 5.97 Å². The van der Waals surface area contributed by atoms with E-state index in [1.165, 1.54) is 6.08 Å². The van der Waals surface area contributed by atoms with E-state index >= 15 is 0 Å². The van der Waals surface area contributed by atoms with Crippen molar-refractivity contribution in [1.82, 2.24) is 5.32 Å². The second-order valence-electron chi connectivity index (χ2n) is 5.51. The number of nitrogens with one attached hydrogen (secondary N) is 1. The molecule has 0 atom stereocenters. The van der Waals surface area contributed by atoms with Gasteiger partial charge in [-0.25, -0.2) is 4.79 Å². The van der Waals surface area contributed by atoms with Gasteiger partial charge < -0.3 is 14.8 Å². The maximum Gasteiger partial charge on any atom is 0.331 e. The summed E-state index contributed by atoms with van der Waals surface area (Å²) < 4.78 is 9.89. The molecule has 0 spiro atoms. The van der Waals surface area contributed by atoms with Gasteiger partial charge in [0.05, 0.1) is 7.11 Å². The minimum absolute atomic E-state index is 0.289. The molecule has 5 nitrogen and oxygen atoms in total. The minimum atomic E-state index is -0.560. The quantitative estimate of drug-likeness (QED) is 0.667. The van der Waals surface area contributed by atoms with Crippen molar-refractivity contribution in [3.05, 3.63) is 35.9 Å². The molecule has 5 heteroatoms. The Hall–Kier alpha value is -2.30. The van der Waals surface area contributed by atoms with E-state index in [1.807, 2.05) is 32.9 Å². The number of rotatable bonds is 5. The Bertz CT molecular complexity index is 512. The zero-order valence-electron chi connectivity index (χ0n) is 12.8. The molecule has 0 radical (unpaired) electrons. The smallest absolute Gasteiger partial charge is 0.331 e. The van der Waals surface area contributed by atoms with Crippen LogP contribution in [0.15, 0.2) is 30.3 Å². The van der Waals surface area contributed by atoms with Gasteiger partial charge in [-0.2, -0.15) is 0 Å². The van der Waals surface area contributed by atoms with Crippen LogP contribution in [0.3, 0.4) is 0 Å². The molecule has 0 aromatic heterocycles. The van der Waals surface area contributed by atoms with Gasteiger partial charge in [0.15, 0.2) is 6.61 Å². The summed E-state index contributed by atoms with van der Waals surface area (Å²) in [7, 11) is 1.59. The van der Waals surface area contributed by atoms with E-state index in [4.69, 9.17) is 9.47 Å². The predicted molar refractivity (Wildman–Crippen MR) is 80.9 cm³/mol. The molecule has 21 heavy (non-hydrogen) atoms. The molecule has 0 aliphatic rings. The topological polar surface area (TPSA) is 64.6 Å². The predicted octanol–water partition coefficient (Wildman–Crippen LogP) is 2.17. The molecule has 0 aliphatic heterocycles. The van der Waals surface area contributed by atoms with Gasteiger partial charge in [0.1, 0.15) is 5.75 Å². The summed E-state index contributed by atoms with van der Waals surface area (Å²) >= 11 is 0. The number of benzene rings is 1. The molecular formula is C16H21NO4. The Balaban J connectivity index is 2.42. The monoisotopic (exact) mass is 291 g/mol. The fourth-order valence-corrected chi connectivity index (χ4v) is 1.52. The van der Waals surface area contributed by atoms with Gasteiger partial charge in [-0.3, -0.25) is 4.79 Å². The van der Waals surface area contributed by atoms with E-state index in [-0.39, 0.29) is 18.1 Å². The van der Waals surface area contributed by atoms with Crippen molar-refractivity contribution in [1.29, 1.82) is 0 Å². The highest BCUT2D eigenvalue weighted by molar-refractivity contribution is 5.89. The fourth-order valence-electron chi connectivity index (χ4n) is 1.52. The Morgan fingerprint density at radius 2 is 1.81 bits per heavy atom. The first kappa shape index (κ1) is 16.8. The van der Waals surface area contributed by atoms with Gasteiger partial charge in [-0.1, -0.05) is 12.1 Å². The van der Waals surface area contributed by atoms with Crippen molar-refractivity contribution in [2.45, 2.75) is 26.3 Å². The molecular weight excluding hydrogens is 270 g/mol. The number of carbonyl (C=O) groups is 2. The second kappa shape index (κ2) is 7.47. The molecule has 1 N–H and O–H groups in total. The van der Waals surface area contributed by atoms with Crippen LogP contribution in [0, 0.1) is 0 Å². The fraction of sp³-hybridized carbons (Fsp3) is 0.375. The van der Waals surface area contributed by atoms with Crippen molar-refractivity contribution in [2.75, 3.05) is 13.7 Å². The van der Waals surface area contributed by atoms with Gasteiger partial charge in [0.25, 0.3) is 5.91 Å². The standard InChI is InChI=1S/C16H21NO4/c1-16(2,3)17-14(18)11-21-15(19)10-7-12-5-8-13(20-4)9-6-12/h5-10H,11H2,1-4H3,(H,17,18). The first-order valence-electron chi connectivity index (χ1n) is 6.60. The zero-order chi connectivity index (χ0) is 15.9. The number of hydrogen-bond acceptors (Lipinski definition) is 4. The Kier molecular flexibility index (Phi) is 5.96. The van der Waals surface area contributed by atoms with Gasteiger partial charge in [0.2, 0.25) is 0 Å². The van der Waals surface area contributed by atoms with Crippen molar-refractivity contribution in [2.24, 2.45) is 0 Å². The second-order valence-corrected chi connectivity index (χ2v) is 5.51. The molecule has 0 bridgehead atoms. The van der Waals surface area contributed by atoms with Crippen molar-refractivity contribution in [3.63, 3.8) is 0 Å². The zero-order valence-corrected chi connectivity index (χ0v) is 12.8. The molecule has 0 saturated carbocycles.